The lowest BCUT2D eigenvalue weighted by atomic mass is 10.0. The monoisotopic (exact) mass is 360 g/mol. The average molecular weight is 360 g/mol. The molecular weight excluding hydrogens is 332 g/mol. The minimum atomic E-state index is 0.0197. The van der Waals surface area contributed by atoms with E-state index in [0.717, 1.165) is 37.8 Å². The standard InChI is InChI=1S/C18H28N6O2/c1-4-26-16-7-5-15(6-8-16)17(23-11-9-22(2)10-12-23)18-19-20-21-24(18)13-14-25-3/h5-8,17H,4,9-14H2,1-3H3/t17-/m0/s1. The van der Waals surface area contributed by atoms with Gasteiger partial charge in [-0.15, -0.1) is 5.10 Å². The van der Waals surface area contributed by atoms with E-state index in [2.05, 4.69) is 44.5 Å². The number of piperazine rings is 1. The summed E-state index contributed by atoms with van der Waals surface area (Å²) in [5.74, 6) is 1.74. The summed E-state index contributed by atoms with van der Waals surface area (Å²) in [7, 11) is 3.85. The van der Waals surface area contributed by atoms with Crippen LogP contribution in [0.3, 0.4) is 0 Å². The quantitative estimate of drug-likeness (QED) is 0.697. The number of aromatic nitrogens is 4. The molecule has 26 heavy (non-hydrogen) atoms. The molecule has 0 saturated carbocycles. The molecule has 1 aromatic heterocycles. The largest absolute Gasteiger partial charge is 0.494 e. The van der Waals surface area contributed by atoms with E-state index in [1.807, 2.05) is 23.7 Å². The lowest BCUT2D eigenvalue weighted by Gasteiger charge is -2.37. The lowest BCUT2D eigenvalue weighted by Crippen LogP contribution is -2.46. The molecule has 0 unspecified atom stereocenters. The third-order valence-electron chi connectivity index (χ3n) is 4.72. The molecule has 0 spiro atoms. The van der Waals surface area contributed by atoms with Gasteiger partial charge in [-0.05, 0) is 42.1 Å². The highest BCUT2D eigenvalue weighted by atomic mass is 16.5. The van der Waals surface area contributed by atoms with Gasteiger partial charge in [-0.1, -0.05) is 12.1 Å². The molecule has 142 valence electrons. The Morgan fingerprint density at radius 2 is 1.85 bits per heavy atom. The second kappa shape index (κ2) is 9.07. The molecule has 1 aromatic carbocycles. The van der Waals surface area contributed by atoms with E-state index in [9.17, 15) is 0 Å². The lowest BCUT2D eigenvalue weighted by molar-refractivity contribution is 0.119. The summed E-state index contributed by atoms with van der Waals surface area (Å²) in [5, 5.41) is 12.5. The molecular formula is C18H28N6O2. The topological polar surface area (TPSA) is 68.5 Å². The van der Waals surface area contributed by atoms with Crippen molar-refractivity contribution in [3.8, 4) is 5.75 Å². The summed E-state index contributed by atoms with van der Waals surface area (Å²) >= 11 is 0. The van der Waals surface area contributed by atoms with Crippen LogP contribution in [-0.2, 0) is 11.3 Å². The smallest absolute Gasteiger partial charge is 0.173 e. The van der Waals surface area contributed by atoms with Gasteiger partial charge in [0.25, 0.3) is 0 Å². The second-order valence-corrected chi connectivity index (χ2v) is 6.50. The maximum absolute atomic E-state index is 5.59. The van der Waals surface area contributed by atoms with Gasteiger partial charge in [-0.2, -0.15) is 0 Å². The third-order valence-corrected chi connectivity index (χ3v) is 4.72. The summed E-state index contributed by atoms with van der Waals surface area (Å²) in [6.07, 6.45) is 0. The van der Waals surface area contributed by atoms with Gasteiger partial charge in [-0.3, -0.25) is 4.90 Å². The Labute approximate surface area is 154 Å². The molecule has 0 amide bonds. The normalized spacial score (nSPS) is 17.3. The molecule has 0 bridgehead atoms. The predicted octanol–water partition coefficient (Wildman–Crippen LogP) is 1.06. The highest BCUT2D eigenvalue weighted by molar-refractivity contribution is 5.32. The molecule has 1 aliphatic heterocycles. The molecule has 0 radical (unpaired) electrons. The van der Waals surface area contributed by atoms with Crippen molar-refractivity contribution in [1.29, 1.82) is 0 Å². The number of benzene rings is 1. The summed E-state index contributed by atoms with van der Waals surface area (Å²) in [4.78, 5) is 4.80. The van der Waals surface area contributed by atoms with Crippen LogP contribution in [0.25, 0.3) is 0 Å². The number of rotatable bonds is 8. The molecule has 1 atom stereocenters. The van der Waals surface area contributed by atoms with Crippen LogP contribution in [-0.4, -0.2) is 83.6 Å². The van der Waals surface area contributed by atoms with Crippen molar-refractivity contribution in [3.05, 3.63) is 35.7 Å². The third kappa shape index (κ3) is 4.38. The number of ether oxygens (including phenoxy) is 2. The van der Waals surface area contributed by atoms with E-state index in [4.69, 9.17) is 9.47 Å². The van der Waals surface area contributed by atoms with Gasteiger partial charge in [0, 0.05) is 33.3 Å². The van der Waals surface area contributed by atoms with Crippen molar-refractivity contribution in [2.24, 2.45) is 0 Å². The number of tetrazole rings is 1. The Hall–Kier alpha value is -2.03. The molecule has 0 N–H and O–H groups in total. The van der Waals surface area contributed by atoms with Gasteiger partial charge < -0.3 is 14.4 Å². The molecule has 1 aliphatic rings. The van der Waals surface area contributed by atoms with Crippen LogP contribution in [0.5, 0.6) is 5.75 Å². The second-order valence-electron chi connectivity index (χ2n) is 6.50. The van der Waals surface area contributed by atoms with Gasteiger partial charge in [0.15, 0.2) is 5.82 Å². The molecule has 8 nitrogen and oxygen atoms in total. The molecule has 0 aliphatic carbocycles. The predicted molar refractivity (Wildman–Crippen MR) is 98.2 cm³/mol. The van der Waals surface area contributed by atoms with Crippen LogP contribution in [0.15, 0.2) is 24.3 Å². The Bertz CT molecular complexity index is 667. The number of hydrogen-bond acceptors (Lipinski definition) is 7. The highest BCUT2D eigenvalue weighted by Crippen LogP contribution is 2.29. The van der Waals surface area contributed by atoms with Crippen molar-refractivity contribution in [2.45, 2.75) is 19.5 Å². The minimum absolute atomic E-state index is 0.0197. The van der Waals surface area contributed by atoms with E-state index in [-0.39, 0.29) is 6.04 Å². The van der Waals surface area contributed by atoms with Gasteiger partial charge in [0.1, 0.15) is 5.75 Å². The summed E-state index contributed by atoms with van der Waals surface area (Å²) < 4.78 is 12.6. The van der Waals surface area contributed by atoms with Gasteiger partial charge in [0.05, 0.1) is 25.8 Å². The summed E-state index contributed by atoms with van der Waals surface area (Å²) in [6.45, 7) is 7.90. The van der Waals surface area contributed by atoms with E-state index >= 15 is 0 Å². The van der Waals surface area contributed by atoms with Crippen LogP contribution >= 0.6 is 0 Å². The number of methoxy groups -OCH3 is 1. The fourth-order valence-electron chi connectivity index (χ4n) is 3.26. The van der Waals surface area contributed by atoms with E-state index in [1.54, 1.807) is 7.11 Å². The van der Waals surface area contributed by atoms with Crippen LogP contribution in [0.4, 0.5) is 0 Å². The maximum Gasteiger partial charge on any atom is 0.173 e. The first-order chi connectivity index (χ1) is 12.7. The molecule has 2 aromatic rings. The highest BCUT2D eigenvalue weighted by Gasteiger charge is 2.29. The zero-order valence-corrected chi connectivity index (χ0v) is 15.8. The summed E-state index contributed by atoms with van der Waals surface area (Å²) in [5.41, 5.74) is 1.17. The Kier molecular flexibility index (Phi) is 6.54. The Morgan fingerprint density at radius 3 is 2.50 bits per heavy atom. The van der Waals surface area contributed by atoms with E-state index in [1.165, 1.54) is 5.56 Å². The summed E-state index contributed by atoms with van der Waals surface area (Å²) in [6, 6.07) is 8.29. The Morgan fingerprint density at radius 1 is 1.12 bits per heavy atom. The maximum atomic E-state index is 5.59. The van der Waals surface area contributed by atoms with Crippen molar-refractivity contribution >= 4 is 0 Å². The zero-order valence-electron chi connectivity index (χ0n) is 15.8. The van der Waals surface area contributed by atoms with Crippen molar-refractivity contribution < 1.29 is 9.47 Å². The average Bonchev–Trinajstić information content (AvgIpc) is 3.11. The number of hydrogen-bond donors (Lipinski definition) is 0. The molecule has 1 fully saturated rings. The first-order valence-electron chi connectivity index (χ1n) is 9.13. The Balaban J connectivity index is 1.90. The van der Waals surface area contributed by atoms with E-state index in [0.29, 0.717) is 19.8 Å². The van der Waals surface area contributed by atoms with Crippen LogP contribution in [0, 0.1) is 0 Å². The van der Waals surface area contributed by atoms with Crippen molar-refractivity contribution in [2.75, 3.05) is 53.6 Å². The molecule has 8 heteroatoms. The molecule has 3 rings (SSSR count). The van der Waals surface area contributed by atoms with Crippen LogP contribution < -0.4 is 4.74 Å². The van der Waals surface area contributed by atoms with Gasteiger partial charge in [0.2, 0.25) is 0 Å². The van der Waals surface area contributed by atoms with Crippen LogP contribution in [0.2, 0.25) is 0 Å². The molecule has 1 saturated heterocycles. The first kappa shape index (κ1) is 18.8. The minimum Gasteiger partial charge on any atom is -0.494 e. The number of nitrogens with zero attached hydrogens (tertiary/aromatic N) is 6. The molecule has 2 heterocycles. The fraction of sp³-hybridized carbons (Fsp3) is 0.611. The fourth-order valence-corrected chi connectivity index (χ4v) is 3.26. The van der Waals surface area contributed by atoms with Crippen LogP contribution in [0.1, 0.15) is 24.4 Å². The van der Waals surface area contributed by atoms with Gasteiger partial charge >= 0.3 is 0 Å². The first-order valence-corrected chi connectivity index (χ1v) is 9.13. The van der Waals surface area contributed by atoms with E-state index < -0.39 is 0 Å². The van der Waals surface area contributed by atoms with Crippen molar-refractivity contribution in [1.82, 2.24) is 30.0 Å². The van der Waals surface area contributed by atoms with Crippen molar-refractivity contribution in [3.63, 3.8) is 0 Å². The SMILES string of the molecule is CCOc1ccc([C@@H](c2nnnn2CCOC)N2CCN(C)CC2)cc1. The van der Waals surface area contributed by atoms with Gasteiger partial charge in [-0.25, -0.2) is 4.68 Å². The zero-order chi connectivity index (χ0) is 18.4. The number of likely N-dealkylation sites (N-methyl/N-ethyl adjacent to an activating group) is 1.